The molecule has 2 aromatic carbocycles. The fraction of sp³-hybridized carbons (Fsp3) is 0.409. The van der Waals surface area contributed by atoms with E-state index in [1.165, 1.54) is 11.1 Å². The average molecular weight is 529 g/mol. The Kier molecular flexibility index (Phi) is 11.2. The van der Waals surface area contributed by atoms with Crippen LogP contribution in [0.4, 0.5) is 0 Å². The monoisotopic (exact) mass is 529 g/mol. The molecule has 0 bridgehead atoms. The van der Waals surface area contributed by atoms with Crippen LogP contribution in [-0.2, 0) is 13.0 Å². The van der Waals surface area contributed by atoms with Crippen molar-refractivity contribution in [2.24, 2.45) is 4.99 Å². The summed E-state index contributed by atoms with van der Waals surface area (Å²) in [6, 6.07) is 10.0. The summed E-state index contributed by atoms with van der Waals surface area (Å²) in [7, 11) is 8.24. The van der Waals surface area contributed by atoms with Crippen molar-refractivity contribution < 1.29 is 18.9 Å². The fourth-order valence-corrected chi connectivity index (χ4v) is 3.06. The molecule has 2 N–H and O–H groups in total. The highest BCUT2D eigenvalue weighted by molar-refractivity contribution is 14.0. The molecule has 0 amide bonds. The summed E-state index contributed by atoms with van der Waals surface area (Å²) in [5.74, 6) is 3.44. The fourth-order valence-electron chi connectivity index (χ4n) is 3.06. The van der Waals surface area contributed by atoms with Crippen LogP contribution in [0.25, 0.3) is 0 Å². The molecule has 0 aliphatic carbocycles. The second-order valence-corrected chi connectivity index (χ2v) is 6.45. The minimum absolute atomic E-state index is 0. The number of nitrogens with zero attached hydrogens (tertiary/aromatic N) is 1. The van der Waals surface area contributed by atoms with Gasteiger partial charge in [0, 0.05) is 20.1 Å². The largest absolute Gasteiger partial charge is 0.496 e. The lowest BCUT2D eigenvalue weighted by atomic mass is 10.1. The molecule has 2 rings (SSSR count). The summed E-state index contributed by atoms with van der Waals surface area (Å²) in [5, 5.41) is 6.64. The van der Waals surface area contributed by atoms with Gasteiger partial charge in [0.25, 0.3) is 0 Å². The molecule has 7 nitrogen and oxygen atoms in total. The third kappa shape index (κ3) is 6.86. The third-order valence-corrected chi connectivity index (χ3v) is 4.53. The van der Waals surface area contributed by atoms with E-state index in [9.17, 15) is 0 Å². The molecule has 0 radical (unpaired) electrons. The van der Waals surface area contributed by atoms with Crippen LogP contribution in [0.3, 0.4) is 0 Å². The Labute approximate surface area is 196 Å². The number of hydrogen-bond donors (Lipinski definition) is 2. The van der Waals surface area contributed by atoms with E-state index >= 15 is 0 Å². The van der Waals surface area contributed by atoms with Crippen molar-refractivity contribution in [1.29, 1.82) is 0 Å². The van der Waals surface area contributed by atoms with E-state index in [0.717, 1.165) is 24.3 Å². The van der Waals surface area contributed by atoms with Crippen molar-refractivity contribution in [2.45, 2.75) is 19.9 Å². The predicted octanol–water partition coefficient (Wildman–Crippen LogP) is 3.56. The highest BCUT2D eigenvalue weighted by Gasteiger charge is 2.13. The van der Waals surface area contributed by atoms with Crippen LogP contribution in [0.5, 0.6) is 23.0 Å². The van der Waals surface area contributed by atoms with E-state index in [0.29, 0.717) is 29.8 Å². The van der Waals surface area contributed by atoms with Gasteiger partial charge in [-0.25, -0.2) is 0 Å². The standard InChI is InChI=1S/C22H31N3O4.HI/c1-15-7-8-18(26-3)17(11-15)9-10-24-22(23-2)25-14-16-12-19(27-4)21(29-6)20(13-16)28-5;/h7-8,11-13H,9-10,14H2,1-6H3,(H2,23,24,25);1H. The van der Waals surface area contributed by atoms with Crippen molar-refractivity contribution in [2.75, 3.05) is 42.0 Å². The summed E-state index contributed by atoms with van der Waals surface area (Å²) in [6.07, 6.45) is 0.829. The molecule has 8 heteroatoms. The van der Waals surface area contributed by atoms with Crippen LogP contribution in [0.15, 0.2) is 35.3 Å². The van der Waals surface area contributed by atoms with E-state index in [-0.39, 0.29) is 24.0 Å². The SMILES string of the molecule is CN=C(NCCc1cc(C)ccc1OC)NCc1cc(OC)c(OC)c(OC)c1.I. The van der Waals surface area contributed by atoms with Crippen LogP contribution in [0, 0.1) is 6.92 Å². The zero-order chi connectivity index (χ0) is 21.2. The Morgan fingerprint density at radius 3 is 2.03 bits per heavy atom. The van der Waals surface area contributed by atoms with Crippen LogP contribution < -0.4 is 29.6 Å². The third-order valence-electron chi connectivity index (χ3n) is 4.53. The summed E-state index contributed by atoms with van der Waals surface area (Å²) in [4.78, 5) is 4.29. The average Bonchev–Trinajstić information content (AvgIpc) is 2.75. The predicted molar refractivity (Wildman–Crippen MR) is 131 cm³/mol. The van der Waals surface area contributed by atoms with Gasteiger partial charge in [-0.2, -0.15) is 0 Å². The number of aliphatic imine (C=N–C) groups is 1. The molecular formula is C22H32IN3O4. The van der Waals surface area contributed by atoms with Crippen LogP contribution >= 0.6 is 24.0 Å². The number of hydrogen-bond acceptors (Lipinski definition) is 5. The number of guanidine groups is 1. The van der Waals surface area contributed by atoms with Crippen molar-refractivity contribution in [3.05, 3.63) is 47.0 Å². The van der Waals surface area contributed by atoms with E-state index in [1.807, 2.05) is 24.3 Å². The van der Waals surface area contributed by atoms with Crippen molar-refractivity contribution >= 4 is 29.9 Å². The summed E-state index contributed by atoms with van der Waals surface area (Å²) in [5.41, 5.74) is 3.37. The molecule has 0 saturated heterocycles. The van der Waals surface area contributed by atoms with Crippen molar-refractivity contribution in [1.82, 2.24) is 10.6 Å². The van der Waals surface area contributed by atoms with Gasteiger partial charge in [-0.1, -0.05) is 17.7 Å². The van der Waals surface area contributed by atoms with Crippen molar-refractivity contribution in [3.8, 4) is 23.0 Å². The second-order valence-electron chi connectivity index (χ2n) is 6.45. The summed E-state index contributed by atoms with van der Waals surface area (Å²) < 4.78 is 21.6. The second kappa shape index (κ2) is 13.0. The number of nitrogens with one attached hydrogen (secondary N) is 2. The van der Waals surface area contributed by atoms with Gasteiger partial charge in [-0.3, -0.25) is 4.99 Å². The van der Waals surface area contributed by atoms with E-state index in [4.69, 9.17) is 18.9 Å². The maximum Gasteiger partial charge on any atom is 0.203 e. The molecule has 30 heavy (non-hydrogen) atoms. The molecule has 0 saturated carbocycles. The Morgan fingerprint density at radius 2 is 1.50 bits per heavy atom. The van der Waals surface area contributed by atoms with Crippen molar-refractivity contribution in [3.63, 3.8) is 0 Å². The maximum atomic E-state index is 5.44. The molecular weight excluding hydrogens is 497 g/mol. The topological polar surface area (TPSA) is 73.3 Å². The highest BCUT2D eigenvalue weighted by Crippen LogP contribution is 2.38. The molecule has 0 atom stereocenters. The molecule has 2 aromatic rings. The van der Waals surface area contributed by atoms with Crippen LogP contribution in [-0.4, -0.2) is 48.0 Å². The number of aryl methyl sites for hydroxylation is 1. The van der Waals surface area contributed by atoms with Crippen LogP contribution in [0.1, 0.15) is 16.7 Å². The quantitative estimate of drug-likeness (QED) is 0.294. The van der Waals surface area contributed by atoms with Gasteiger partial charge in [-0.05, 0) is 42.7 Å². The lowest BCUT2D eigenvalue weighted by molar-refractivity contribution is 0.323. The molecule has 0 heterocycles. The first-order chi connectivity index (χ1) is 14.1. The Morgan fingerprint density at radius 1 is 0.867 bits per heavy atom. The van der Waals surface area contributed by atoms with Gasteiger partial charge in [0.05, 0.1) is 28.4 Å². The smallest absolute Gasteiger partial charge is 0.203 e. The molecule has 0 fully saturated rings. The summed E-state index contributed by atoms with van der Waals surface area (Å²) >= 11 is 0. The number of halogens is 1. The van der Waals surface area contributed by atoms with E-state index < -0.39 is 0 Å². The Hall–Kier alpha value is -2.36. The number of methoxy groups -OCH3 is 4. The Bertz CT molecular complexity index is 818. The van der Waals surface area contributed by atoms with Gasteiger partial charge in [0.1, 0.15) is 5.75 Å². The van der Waals surface area contributed by atoms with Gasteiger partial charge >= 0.3 is 0 Å². The van der Waals surface area contributed by atoms with E-state index in [2.05, 4.69) is 28.6 Å². The number of ether oxygens (including phenoxy) is 4. The maximum absolute atomic E-state index is 5.44. The normalized spacial score (nSPS) is 10.7. The van der Waals surface area contributed by atoms with Gasteiger partial charge in [-0.15, -0.1) is 24.0 Å². The first-order valence-corrected chi connectivity index (χ1v) is 9.43. The molecule has 166 valence electrons. The molecule has 0 spiro atoms. The molecule has 0 aliphatic heterocycles. The minimum atomic E-state index is 0. The van der Waals surface area contributed by atoms with Gasteiger partial charge < -0.3 is 29.6 Å². The van der Waals surface area contributed by atoms with Gasteiger partial charge in [0.15, 0.2) is 17.5 Å². The zero-order valence-electron chi connectivity index (χ0n) is 18.5. The molecule has 0 aliphatic rings. The minimum Gasteiger partial charge on any atom is -0.496 e. The lowest BCUT2D eigenvalue weighted by Gasteiger charge is -2.16. The Balaban J connectivity index is 0.00000450. The molecule has 0 unspecified atom stereocenters. The number of benzene rings is 2. The van der Waals surface area contributed by atoms with E-state index in [1.54, 1.807) is 35.5 Å². The van der Waals surface area contributed by atoms with Gasteiger partial charge in [0.2, 0.25) is 5.75 Å². The zero-order valence-corrected chi connectivity index (χ0v) is 20.8. The van der Waals surface area contributed by atoms with Crippen LogP contribution in [0.2, 0.25) is 0 Å². The lowest BCUT2D eigenvalue weighted by Crippen LogP contribution is -2.37. The summed E-state index contributed by atoms with van der Waals surface area (Å²) in [6.45, 7) is 3.37. The first kappa shape index (κ1) is 25.7. The number of rotatable bonds is 9. The first-order valence-electron chi connectivity index (χ1n) is 9.43. The molecule has 0 aromatic heterocycles. The highest BCUT2D eigenvalue weighted by atomic mass is 127.